The van der Waals surface area contributed by atoms with Gasteiger partial charge in [0.05, 0.1) is 16.7 Å². The average molecular weight is 729 g/mol. The molecule has 11 rings (SSSR count). The van der Waals surface area contributed by atoms with Crippen LogP contribution in [0.25, 0.3) is 82.8 Å². The van der Waals surface area contributed by atoms with Crippen molar-refractivity contribution in [2.24, 2.45) is 0 Å². The summed E-state index contributed by atoms with van der Waals surface area (Å²) in [5.74, 6) is 0. The molecule has 9 aromatic carbocycles. The predicted molar refractivity (Wildman–Crippen MR) is 242 cm³/mol. The summed E-state index contributed by atoms with van der Waals surface area (Å²) in [6, 6.07) is 73.1. The minimum atomic E-state index is -0.0994. The SMILES string of the molecule is CC1(C)c2ccccc2-c2c1ccc1c3cc(-c4ccc(Nc5cccc(-c6ccccc6)c5)c(-c5ccccc5)c4)ccc3n(-c3cccc4ccccc34)c21. The third kappa shape index (κ3) is 5.33. The molecule has 1 heterocycles. The van der Waals surface area contributed by atoms with E-state index in [1.807, 2.05) is 0 Å². The first-order valence-corrected chi connectivity index (χ1v) is 19.8. The van der Waals surface area contributed by atoms with Crippen LogP contribution in [0.2, 0.25) is 0 Å². The summed E-state index contributed by atoms with van der Waals surface area (Å²) in [6.07, 6.45) is 0. The fourth-order valence-corrected chi connectivity index (χ4v) is 9.38. The largest absolute Gasteiger partial charge is 0.355 e. The first kappa shape index (κ1) is 33.2. The molecule has 0 aliphatic heterocycles. The third-order valence-electron chi connectivity index (χ3n) is 12.2. The Balaban J connectivity index is 1.11. The molecule has 0 spiro atoms. The molecule has 1 aliphatic carbocycles. The summed E-state index contributed by atoms with van der Waals surface area (Å²) in [4.78, 5) is 0. The van der Waals surface area contributed by atoms with E-state index in [1.54, 1.807) is 0 Å². The van der Waals surface area contributed by atoms with Gasteiger partial charge in [0.25, 0.3) is 0 Å². The van der Waals surface area contributed by atoms with Crippen LogP contribution in [0.3, 0.4) is 0 Å². The molecule has 0 saturated heterocycles. The van der Waals surface area contributed by atoms with E-state index >= 15 is 0 Å². The quantitative estimate of drug-likeness (QED) is 0.180. The zero-order chi connectivity index (χ0) is 38.1. The van der Waals surface area contributed by atoms with Gasteiger partial charge in [-0.1, -0.05) is 172 Å². The highest BCUT2D eigenvalue weighted by atomic mass is 15.0. The zero-order valence-electron chi connectivity index (χ0n) is 32.0. The second kappa shape index (κ2) is 13.0. The van der Waals surface area contributed by atoms with E-state index < -0.39 is 0 Å². The lowest BCUT2D eigenvalue weighted by molar-refractivity contribution is 0.661. The lowest BCUT2D eigenvalue weighted by Gasteiger charge is -2.21. The van der Waals surface area contributed by atoms with Crippen molar-refractivity contribution in [3.8, 4) is 50.2 Å². The van der Waals surface area contributed by atoms with Crippen molar-refractivity contribution in [3.05, 3.63) is 211 Å². The fourth-order valence-electron chi connectivity index (χ4n) is 9.38. The zero-order valence-corrected chi connectivity index (χ0v) is 32.0. The maximum absolute atomic E-state index is 3.78. The number of benzene rings is 9. The Bertz CT molecular complexity index is 3160. The van der Waals surface area contributed by atoms with E-state index in [-0.39, 0.29) is 5.41 Å². The Morgan fingerprint density at radius 1 is 0.421 bits per heavy atom. The molecule has 1 aliphatic rings. The molecule has 0 radical (unpaired) electrons. The number of anilines is 2. The van der Waals surface area contributed by atoms with E-state index in [9.17, 15) is 0 Å². The number of aromatic nitrogens is 1. The smallest absolute Gasteiger partial charge is 0.0622 e. The van der Waals surface area contributed by atoms with Crippen LogP contribution in [0.4, 0.5) is 11.4 Å². The number of rotatable bonds is 6. The summed E-state index contributed by atoms with van der Waals surface area (Å²) >= 11 is 0. The van der Waals surface area contributed by atoms with Crippen molar-refractivity contribution < 1.29 is 0 Å². The van der Waals surface area contributed by atoms with Crippen LogP contribution in [0.5, 0.6) is 0 Å². The second-order valence-electron chi connectivity index (χ2n) is 15.8. The van der Waals surface area contributed by atoms with Crippen LogP contribution in [-0.4, -0.2) is 4.57 Å². The standard InChI is InChI=1S/C55H40N2/c1-55(2)48-25-12-11-24-45(48)53-49(55)30-29-44-47-35-41(28-32-52(47)57(54(44)53)51-26-14-20-37-19-9-10-23-43(37)51)40-27-31-50(46(34-40)38-17-7-4-8-18-38)56-42-22-13-21-39(33-42)36-15-5-3-6-16-36/h3-35,56H,1-2H3. The molecule has 2 heteroatoms. The van der Waals surface area contributed by atoms with E-state index in [1.165, 1.54) is 88.3 Å². The normalized spacial score (nSPS) is 12.9. The average Bonchev–Trinajstić information content (AvgIpc) is 3.72. The van der Waals surface area contributed by atoms with Crippen LogP contribution in [0.1, 0.15) is 25.0 Å². The van der Waals surface area contributed by atoms with Gasteiger partial charge in [-0.3, -0.25) is 0 Å². The van der Waals surface area contributed by atoms with Crippen molar-refractivity contribution in [1.82, 2.24) is 4.57 Å². The van der Waals surface area contributed by atoms with E-state index in [4.69, 9.17) is 0 Å². The van der Waals surface area contributed by atoms with Gasteiger partial charge in [-0.15, -0.1) is 0 Å². The molecule has 0 bridgehead atoms. The molecule has 0 atom stereocenters. The molecular weight excluding hydrogens is 689 g/mol. The van der Waals surface area contributed by atoms with Gasteiger partial charge in [0.1, 0.15) is 0 Å². The highest BCUT2D eigenvalue weighted by Gasteiger charge is 2.37. The fraction of sp³-hybridized carbons (Fsp3) is 0.0545. The monoisotopic (exact) mass is 728 g/mol. The highest BCUT2D eigenvalue weighted by Crippen LogP contribution is 2.53. The van der Waals surface area contributed by atoms with E-state index in [2.05, 4.69) is 224 Å². The van der Waals surface area contributed by atoms with Crippen molar-refractivity contribution in [3.63, 3.8) is 0 Å². The first-order valence-electron chi connectivity index (χ1n) is 19.8. The van der Waals surface area contributed by atoms with Crippen molar-refractivity contribution in [2.75, 3.05) is 5.32 Å². The molecule has 0 unspecified atom stereocenters. The van der Waals surface area contributed by atoms with Crippen LogP contribution in [0, 0.1) is 0 Å². The summed E-state index contributed by atoms with van der Waals surface area (Å²) < 4.78 is 2.54. The van der Waals surface area contributed by atoms with Gasteiger partial charge in [-0.05, 0) is 92.4 Å². The van der Waals surface area contributed by atoms with Gasteiger partial charge >= 0.3 is 0 Å². The van der Waals surface area contributed by atoms with Gasteiger partial charge < -0.3 is 9.88 Å². The Labute approximate surface area is 333 Å². The van der Waals surface area contributed by atoms with E-state index in [0.29, 0.717) is 0 Å². The second-order valence-corrected chi connectivity index (χ2v) is 15.8. The maximum atomic E-state index is 3.78. The van der Waals surface area contributed by atoms with Gasteiger partial charge in [0.15, 0.2) is 0 Å². The Kier molecular flexibility index (Phi) is 7.55. The summed E-state index contributed by atoms with van der Waals surface area (Å²) in [5, 5.41) is 8.79. The minimum absolute atomic E-state index is 0.0994. The van der Waals surface area contributed by atoms with Crippen LogP contribution in [-0.2, 0) is 5.41 Å². The molecule has 0 saturated carbocycles. The lowest BCUT2D eigenvalue weighted by atomic mass is 9.82. The summed E-state index contributed by atoms with van der Waals surface area (Å²) in [6.45, 7) is 4.74. The molecule has 0 amide bonds. The van der Waals surface area contributed by atoms with Crippen LogP contribution >= 0.6 is 0 Å². The maximum Gasteiger partial charge on any atom is 0.0622 e. The summed E-state index contributed by atoms with van der Waals surface area (Å²) in [7, 11) is 0. The van der Waals surface area contributed by atoms with Gasteiger partial charge in [0.2, 0.25) is 0 Å². The number of nitrogens with zero attached hydrogens (tertiary/aromatic N) is 1. The summed E-state index contributed by atoms with van der Waals surface area (Å²) in [5.41, 5.74) is 18.2. The molecule has 2 nitrogen and oxygen atoms in total. The molecule has 270 valence electrons. The molecule has 1 aromatic heterocycles. The molecule has 0 fully saturated rings. The third-order valence-corrected chi connectivity index (χ3v) is 12.2. The van der Waals surface area contributed by atoms with Crippen LogP contribution in [0.15, 0.2) is 200 Å². The Morgan fingerprint density at radius 3 is 1.95 bits per heavy atom. The van der Waals surface area contributed by atoms with Crippen molar-refractivity contribution in [1.29, 1.82) is 0 Å². The molecule has 57 heavy (non-hydrogen) atoms. The molecule has 10 aromatic rings. The lowest BCUT2D eigenvalue weighted by Crippen LogP contribution is -2.14. The van der Waals surface area contributed by atoms with Crippen molar-refractivity contribution >= 4 is 44.0 Å². The number of hydrogen-bond donors (Lipinski definition) is 1. The Morgan fingerprint density at radius 2 is 1.09 bits per heavy atom. The van der Waals surface area contributed by atoms with Crippen LogP contribution < -0.4 is 5.32 Å². The Hall–Kier alpha value is -7.16. The topological polar surface area (TPSA) is 17.0 Å². The number of fused-ring (bicyclic) bond motifs is 8. The minimum Gasteiger partial charge on any atom is -0.355 e. The number of nitrogens with one attached hydrogen (secondary N) is 1. The highest BCUT2D eigenvalue weighted by molar-refractivity contribution is 6.17. The van der Waals surface area contributed by atoms with E-state index in [0.717, 1.165) is 16.9 Å². The van der Waals surface area contributed by atoms with Gasteiger partial charge in [-0.2, -0.15) is 0 Å². The molecular formula is C55H40N2. The van der Waals surface area contributed by atoms with Crippen molar-refractivity contribution in [2.45, 2.75) is 19.3 Å². The van der Waals surface area contributed by atoms with Gasteiger partial charge in [-0.25, -0.2) is 0 Å². The number of hydrogen-bond acceptors (Lipinski definition) is 1. The predicted octanol–water partition coefficient (Wildman–Crippen LogP) is 15.0. The first-order chi connectivity index (χ1) is 28.0. The van der Waals surface area contributed by atoms with Gasteiger partial charge in [0, 0.05) is 44.1 Å². The molecule has 1 N–H and O–H groups in total.